The third-order valence-corrected chi connectivity index (χ3v) is 4.60. The number of aromatic nitrogens is 1. The van der Waals surface area contributed by atoms with Crippen LogP contribution in [0.25, 0.3) is 0 Å². The average molecular weight is 391 g/mol. The van der Waals surface area contributed by atoms with Gasteiger partial charge in [-0.3, -0.25) is 4.79 Å². The highest BCUT2D eigenvalue weighted by molar-refractivity contribution is 5.97. The Morgan fingerprint density at radius 3 is 2.72 bits per heavy atom. The molecule has 0 saturated carbocycles. The number of nitrogens with zero attached hydrogens (tertiary/aromatic N) is 2. The molecule has 0 aliphatic rings. The van der Waals surface area contributed by atoms with Gasteiger partial charge in [-0.15, -0.1) is 0 Å². The number of ether oxygens (including phenoxy) is 1. The van der Waals surface area contributed by atoms with Crippen LogP contribution in [0, 0.1) is 25.2 Å². The molecular weight excluding hydrogens is 370 g/mol. The zero-order chi connectivity index (χ0) is 21.0. The molecule has 7 nitrogen and oxygen atoms in total. The number of carbonyl (C=O) groups excluding carboxylic acids is 2. The molecule has 2 heterocycles. The Morgan fingerprint density at radius 2 is 2.03 bits per heavy atom. The predicted octanol–water partition coefficient (Wildman–Crippen LogP) is 3.80. The van der Waals surface area contributed by atoms with Crippen molar-refractivity contribution < 1.29 is 18.7 Å². The Labute approximate surface area is 168 Å². The molecule has 2 aromatic heterocycles. The van der Waals surface area contributed by atoms with Gasteiger partial charge >= 0.3 is 5.97 Å². The van der Waals surface area contributed by atoms with Gasteiger partial charge in [0.05, 0.1) is 30.0 Å². The Balaban J connectivity index is 1.67. The molecule has 3 aromatic rings. The van der Waals surface area contributed by atoms with Crippen LogP contribution >= 0.6 is 0 Å². The van der Waals surface area contributed by atoms with E-state index in [1.807, 2.05) is 36.6 Å². The minimum absolute atomic E-state index is 0.403. The van der Waals surface area contributed by atoms with E-state index in [0.717, 1.165) is 17.1 Å². The number of furan rings is 1. The molecular formula is C22H21N3O4. The minimum atomic E-state index is -0.999. The lowest BCUT2D eigenvalue weighted by atomic mass is 10.2. The number of nitrogens with one attached hydrogen (secondary N) is 1. The van der Waals surface area contributed by atoms with Gasteiger partial charge in [-0.25, -0.2) is 4.79 Å². The maximum atomic E-state index is 12.6. The van der Waals surface area contributed by atoms with Gasteiger partial charge in [0, 0.05) is 17.1 Å². The van der Waals surface area contributed by atoms with Crippen LogP contribution in [0.5, 0.6) is 0 Å². The quantitative estimate of drug-likeness (QED) is 0.645. The molecule has 0 bridgehead atoms. The van der Waals surface area contributed by atoms with Crippen molar-refractivity contribution in [2.24, 2.45) is 0 Å². The van der Waals surface area contributed by atoms with Crippen LogP contribution in [0.15, 0.2) is 53.1 Å². The van der Waals surface area contributed by atoms with Crippen molar-refractivity contribution in [1.29, 1.82) is 5.26 Å². The fourth-order valence-corrected chi connectivity index (χ4v) is 3.00. The van der Waals surface area contributed by atoms with Crippen molar-refractivity contribution >= 4 is 17.6 Å². The van der Waals surface area contributed by atoms with Gasteiger partial charge in [0.25, 0.3) is 5.91 Å². The molecule has 0 fully saturated rings. The molecule has 7 heteroatoms. The van der Waals surface area contributed by atoms with Crippen LogP contribution in [0.1, 0.15) is 40.0 Å². The Bertz CT molecular complexity index is 1070. The second-order valence-corrected chi connectivity index (χ2v) is 6.68. The van der Waals surface area contributed by atoms with Crippen molar-refractivity contribution in [1.82, 2.24) is 4.57 Å². The first-order valence-corrected chi connectivity index (χ1v) is 9.10. The van der Waals surface area contributed by atoms with Gasteiger partial charge in [0.15, 0.2) is 6.10 Å². The second kappa shape index (κ2) is 8.48. The number of aryl methyl sites for hydroxylation is 1. The van der Waals surface area contributed by atoms with E-state index in [-0.39, 0.29) is 0 Å². The summed E-state index contributed by atoms with van der Waals surface area (Å²) in [5.41, 5.74) is 2.92. The lowest BCUT2D eigenvalue weighted by Crippen LogP contribution is -2.30. The average Bonchev–Trinajstić information content (AvgIpc) is 3.31. The number of nitriles is 1. The zero-order valence-electron chi connectivity index (χ0n) is 16.4. The summed E-state index contributed by atoms with van der Waals surface area (Å²) in [6.07, 6.45) is 0.604. The Hall–Kier alpha value is -3.79. The standard InChI is InChI=1S/C22H21N3O4/c1-14-10-20(15(2)25(14)13-19-8-5-9-28-19)22(27)29-16(3)21(26)24-18-7-4-6-17(11-18)12-23/h4-11,16H,13H2,1-3H3,(H,24,26)/t16-/m1/s1. The highest BCUT2D eigenvalue weighted by Gasteiger charge is 2.23. The minimum Gasteiger partial charge on any atom is -0.467 e. The van der Waals surface area contributed by atoms with Crippen LogP contribution in [-0.2, 0) is 16.1 Å². The molecule has 1 aromatic carbocycles. The van der Waals surface area contributed by atoms with Crippen molar-refractivity contribution in [2.75, 3.05) is 5.32 Å². The van der Waals surface area contributed by atoms with Crippen molar-refractivity contribution in [3.63, 3.8) is 0 Å². The molecule has 3 rings (SSSR count). The Kier molecular flexibility index (Phi) is 5.84. The third-order valence-electron chi connectivity index (χ3n) is 4.60. The summed E-state index contributed by atoms with van der Waals surface area (Å²) in [5, 5.41) is 11.6. The molecule has 0 aliphatic heterocycles. The van der Waals surface area contributed by atoms with Gasteiger partial charge < -0.3 is 19.0 Å². The van der Waals surface area contributed by atoms with Crippen LogP contribution in [0.3, 0.4) is 0 Å². The molecule has 0 radical (unpaired) electrons. The number of rotatable bonds is 6. The monoisotopic (exact) mass is 391 g/mol. The van der Waals surface area contributed by atoms with E-state index >= 15 is 0 Å². The fraction of sp³-hybridized carbons (Fsp3) is 0.227. The molecule has 1 N–H and O–H groups in total. The van der Waals surface area contributed by atoms with Crippen LogP contribution < -0.4 is 5.32 Å². The summed E-state index contributed by atoms with van der Waals surface area (Å²) in [6, 6.07) is 13.9. The number of carbonyl (C=O) groups is 2. The Morgan fingerprint density at radius 1 is 1.24 bits per heavy atom. The van der Waals surface area contributed by atoms with Crippen molar-refractivity contribution in [3.8, 4) is 6.07 Å². The van der Waals surface area contributed by atoms with E-state index in [1.54, 1.807) is 36.6 Å². The van der Waals surface area contributed by atoms with E-state index in [9.17, 15) is 9.59 Å². The van der Waals surface area contributed by atoms with Crippen molar-refractivity contribution in [2.45, 2.75) is 33.4 Å². The maximum absolute atomic E-state index is 12.6. The van der Waals surface area contributed by atoms with Crippen molar-refractivity contribution in [3.05, 3.63) is 77.0 Å². The summed E-state index contributed by atoms with van der Waals surface area (Å²) < 4.78 is 12.7. The maximum Gasteiger partial charge on any atom is 0.340 e. The molecule has 0 unspecified atom stereocenters. The number of benzene rings is 1. The zero-order valence-corrected chi connectivity index (χ0v) is 16.4. The second-order valence-electron chi connectivity index (χ2n) is 6.68. The normalized spacial score (nSPS) is 11.5. The molecule has 0 spiro atoms. The van der Waals surface area contributed by atoms with E-state index in [1.165, 1.54) is 6.92 Å². The van der Waals surface area contributed by atoms with Gasteiger partial charge in [-0.05, 0) is 57.2 Å². The molecule has 1 atom stereocenters. The van der Waals surface area contributed by atoms with E-state index in [4.69, 9.17) is 14.4 Å². The van der Waals surface area contributed by atoms with Crippen LogP contribution in [0.4, 0.5) is 5.69 Å². The highest BCUT2D eigenvalue weighted by Crippen LogP contribution is 2.19. The van der Waals surface area contributed by atoms with Gasteiger partial charge in [0.2, 0.25) is 0 Å². The third kappa shape index (κ3) is 4.55. The van der Waals surface area contributed by atoms with Gasteiger partial charge in [-0.1, -0.05) is 6.07 Å². The molecule has 29 heavy (non-hydrogen) atoms. The van der Waals surface area contributed by atoms with Crippen LogP contribution in [0.2, 0.25) is 0 Å². The van der Waals surface area contributed by atoms with Gasteiger partial charge in [0.1, 0.15) is 5.76 Å². The summed E-state index contributed by atoms with van der Waals surface area (Å²) in [7, 11) is 0. The summed E-state index contributed by atoms with van der Waals surface area (Å²) >= 11 is 0. The molecule has 0 saturated heterocycles. The van der Waals surface area contributed by atoms with E-state index in [2.05, 4.69) is 5.32 Å². The number of anilines is 1. The SMILES string of the molecule is Cc1cc(C(=O)O[C@H](C)C(=O)Nc2cccc(C#N)c2)c(C)n1Cc1ccco1. The summed E-state index contributed by atoms with van der Waals surface area (Å²) in [5.74, 6) is -0.269. The number of hydrogen-bond donors (Lipinski definition) is 1. The number of amides is 1. The first-order valence-electron chi connectivity index (χ1n) is 9.10. The number of esters is 1. The lowest BCUT2D eigenvalue weighted by molar-refractivity contribution is -0.123. The highest BCUT2D eigenvalue weighted by atomic mass is 16.5. The lowest BCUT2D eigenvalue weighted by Gasteiger charge is -2.14. The summed E-state index contributed by atoms with van der Waals surface area (Å²) in [4.78, 5) is 25.0. The largest absolute Gasteiger partial charge is 0.467 e. The number of hydrogen-bond acceptors (Lipinski definition) is 5. The fourth-order valence-electron chi connectivity index (χ4n) is 3.00. The first kappa shape index (κ1) is 20.0. The molecule has 148 valence electrons. The predicted molar refractivity (Wildman–Crippen MR) is 106 cm³/mol. The summed E-state index contributed by atoms with van der Waals surface area (Å²) in [6.45, 7) is 5.72. The van der Waals surface area contributed by atoms with E-state index in [0.29, 0.717) is 23.4 Å². The van der Waals surface area contributed by atoms with Gasteiger partial charge in [-0.2, -0.15) is 5.26 Å². The molecule has 0 aliphatic carbocycles. The first-order chi connectivity index (χ1) is 13.9. The molecule has 1 amide bonds. The van der Waals surface area contributed by atoms with Crippen LogP contribution in [-0.4, -0.2) is 22.5 Å². The topological polar surface area (TPSA) is 97.3 Å². The smallest absolute Gasteiger partial charge is 0.340 e. The van der Waals surface area contributed by atoms with E-state index < -0.39 is 18.0 Å².